The number of amidine groups is 1. The van der Waals surface area contributed by atoms with Crippen LogP contribution in [0.3, 0.4) is 0 Å². The molecule has 3 aromatic rings. The molecule has 0 fully saturated rings. The Labute approximate surface area is 165 Å². The minimum atomic E-state index is 0.256. The van der Waals surface area contributed by atoms with Gasteiger partial charge in [0, 0.05) is 21.9 Å². The fourth-order valence-corrected chi connectivity index (χ4v) is 2.68. The van der Waals surface area contributed by atoms with Gasteiger partial charge < -0.3 is 15.3 Å². The van der Waals surface area contributed by atoms with Crippen LogP contribution < -0.4 is 10.5 Å². The van der Waals surface area contributed by atoms with Gasteiger partial charge in [-0.25, -0.2) is 9.67 Å². The number of hydrogen-bond acceptors (Lipinski definition) is 5. The number of pyridine rings is 1. The molecule has 0 atom stereocenters. The highest BCUT2D eigenvalue weighted by Crippen LogP contribution is 2.16. The molecule has 8 heteroatoms. The van der Waals surface area contributed by atoms with Gasteiger partial charge in [0.25, 0.3) is 0 Å². The SMILES string of the molecule is Cc1cc(C)n(-c2ccc(/C(N)=N/OCCOc3ccc(Br)cc3)cn2)n1. The van der Waals surface area contributed by atoms with Crippen LogP contribution in [0.4, 0.5) is 0 Å². The second-order valence-electron chi connectivity index (χ2n) is 5.86. The van der Waals surface area contributed by atoms with Crippen molar-refractivity contribution < 1.29 is 9.57 Å². The molecule has 0 radical (unpaired) electrons. The summed E-state index contributed by atoms with van der Waals surface area (Å²) in [5.41, 5.74) is 8.58. The predicted octanol–water partition coefficient (Wildman–Crippen LogP) is 3.36. The molecule has 0 amide bonds. The van der Waals surface area contributed by atoms with Crippen molar-refractivity contribution in [3.05, 3.63) is 70.1 Å². The monoisotopic (exact) mass is 429 g/mol. The minimum absolute atomic E-state index is 0.256. The van der Waals surface area contributed by atoms with E-state index in [0.717, 1.165) is 27.4 Å². The Morgan fingerprint density at radius 1 is 1.15 bits per heavy atom. The van der Waals surface area contributed by atoms with Gasteiger partial charge in [-0.05, 0) is 56.3 Å². The molecule has 0 aliphatic heterocycles. The zero-order chi connectivity index (χ0) is 19.2. The van der Waals surface area contributed by atoms with Crippen LogP contribution in [0.15, 0.2) is 58.3 Å². The quantitative estimate of drug-likeness (QED) is 0.269. The lowest BCUT2D eigenvalue weighted by Gasteiger charge is -2.06. The summed E-state index contributed by atoms with van der Waals surface area (Å²) in [6, 6.07) is 13.2. The first-order chi connectivity index (χ1) is 13.0. The molecule has 0 aliphatic carbocycles. The number of ether oxygens (including phenoxy) is 1. The maximum Gasteiger partial charge on any atom is 0.171 e. The zero-order valence-electron chi connectivity index (χ0n) is 15.1. The van der Waals surface area contributed by atoms with E-state index in [0.29, 0.717) is 12.2 Å². The summed E-state index contributed by atoms with van der Waals surface area (Å²) in [7, 11) is 0. The normalized spacial score (nSPS) is 11.4. The van der Waals surface area contributed by atoms with Crippen LogP contribution in [0.25, 0.3) is 5.82 Å². The Balaban J connectivity index is 1.51. The first-order valence-corrected chi connectivity index (χ1v) is 9.16. The lowest BCUT2D eigenvalue weighted by molar-refractivity contribution is 0.107. The largest absolute Gasteiger partial charge is 0.490 e. The Morgan fingerprint density at radius 2 is 1.93 bits per heavy atom. The second-order valence-corrected chi connectivity index (χ2v) is 6.77. The van der Waals surface area contributed by atoms with Crippen LogP contribution >= 0.6 is 15.9 Å². The molecule has 0 unspecified atom stereocenters. The number of oxime groups is 1. The van der Waals surface area contributed by atoms with Gasteiger partial charge in [0.05, 0.1) is 5.69 Å². The summed E-state index contributed by atoms with van der Waals surface area (Å²) in [5.74, 6) is 1.75. The maximum atomic E-state index is 5.94. The summed E-state index contributed by atoms with van der Waals surface area (Å²) in [6.45, 7) is 4.58. The van der Waals surface area contributed by atoms with Gasteiger partial charge in [0.15, 0.2) is 18.3 Å². The fourth-order valence-electron chi connectivity index (χ4n) is 2.42. The Hall–Kier alpha value is -2.87. The first-order valence-electron chi connectivity index (χ1n) is 8.37. The molecule has 27 heavy (non-hydrogen) atoms. The molecule has 2 aromatic heterocycles. The third kappa shape index (κ3) is 5.07. The Bertz CT molecular complexity index is 920. The van der Waals surface area contributed by atoms with Crippen LogP contribution in [-0.2, 0) is 4.84 Å². The molecule has 0 saturated carbocycles. The number of benzene rings is 1. The average molecular weight is 430 g/mol. The number of aromatic nitrogens is 3. The third-order valence-electron chi connectivity index (χ3n) is 3.69. The van der Waals surface area contributed by atoms with Gasteiger partial charge in [0.2, 0.25) is 0 Å². The molecule has 0 saturated heterocycles. The van der Waals surface area contributed by atoms with E-state index in [9.17, 15) is 0 Å². The van der Waals surface area contributed by atoms with E-state index in [1.807, 2.05) is 56.3 Å². The van der Waals surface area contributed by atoms with Crippen molar-refractivity contribution in [1.29, 1.82) is 0 Å². The molecule has 2 N–H and O–H groups in total. The average Bonchev–Trinajstić information content (AvgIpc) is 3.01. The first kappa shape index (κ1) is 18.9. The fraction of sp³-hybridized carbons (Fsp3) is 0.211. The zero-order valence-corrected chi connectivity index (χ0v) is 16.7. The summed E-state index contributed by atoms with van der Waals surface area (Å²) in [6.07, 6.45) is 1.65. The van der Waals surface area contributed by atoms with E-state index in [-0.39, 0.29) is 12.4 Å². The van der Waals surface area contributed by atoms with Crippen molar-refractivity contribution in [2.75, 3.05) is 13.2 Å². The van der Waals surface area contributed by atoms with Gasteiger partial charge in [-0.2, -0.15) is 5.10 Å². The number of halogens is 1. The highest BCUT2D eigenvalue weighted by Gasteiger charge is 2.06. The number of nitrogens with two attached hydrogens (primary N) is 1. The number of aryl methyl sites for hydroxylation is 2. The topological polar surface area (TPSA) is 87.6 Å². The van der Waals surface area contributed by atoms with Crippen molar-refractivity contribution in [2.24, 2.45) is 10.9 Å². The van der Waals surface area contributed by atoms with Gasteiger partial charge in [-0.1, -0.05) is 21.1 Å². The molecular weight excluding hydrogens is 410 g/mol. The summed E-state index contributed by atoms with van der Waals surface area (Å²) < 4.78 is 8.33. The molecule has 3 rings (SSSR count). The molecule has 0 bridgehead atoms. The van der Waals surface area contributed by atoms with Crippen molar-refractivity contribution in [2.45, 2.75) is 13.8 Å². The summed E-state index contributed by atoms with van der Waals surface area (Å²) in [4.78, 5) is 9.61. The van der Waals surface area contributed by atoms with E-state index in [1.165, 1.54) is 0 Å². The Morgan fingerprint density at radius 3 is 2.56 bits per heavy atom. The van der Waals surface area contributed by atoms with E-state index in [1.54, 1.807) is 10.9 Å². The van der Waals surface area contributed by atoms with Crippen molar-refractivity contribution in [3.63, 3.8) is 0 Å². The van der Waals surface area contributed by atoms with Gasteiger partial charge in [-0.15, -0.1) is 0 Å². The van der Waals surface area contributed by atoms with E-state index < -0.39 is 0 Å². The predicted molar refractivity (Wildman–Crippen MR) is 107 cm³/mol. The standard InChI is InChI=1S/C19H20BrN5O2/c1-13-11-14(2)25(23-13)18-8-3-15(12-22-18)19(21)24-27-10-9-26-17-6-4-16(20)5-7-17/h3-8,11-12H,9-10H2,1-2H3,(H2,21,24). The number of nitrogens with zero attached hydrogens (tertiary/aromatic N) is 4. The van der Waals surface area contributed by atoms with Crippen LogP contribution in [-0.4, -0.2) is 33.8 Å². The van der Waals surface area contributed by atoms with E-state index >= 15 is 0 Å². The highest BCUT2D eigenvalue weighted by molar-refractivity contribution is 9.10. The van der Waals surface area contributed by atoms with Crippen LogP contribution in [0.1, 0.15) is 17.0 Å². The molecule has 2 heterocycles. The maximum absolute atomic E-state index is 5.94. The summed E-state index contributed by atoms with van der Waals surface area (Å²) in [5, 5.41) is 8.31. The van der Waals surface area contributed by atoms with Gasteiger partial charge in [-0.3, -0.25) is 0 Å². The Kier molecular flexibility index (Phi) is 6.08. The van der Waals surface area contributed by atoms with Gasteiger partial charge >= 0.3 is 0 Å². The molecule has 1 aromatic carbocycles. The second kappa shape index (κ2) is 8.68. The highest BCUT2D eigenvalue weighted by atomic mass is 79.9. The van der Waals surface area contributed by atoms with Crippen molar-refractivity contribution >= 4 is 21.8 Å². The molecule has 0 aliphatic rings. The molecular formula is C19H20BrN5O2. The lowest BCUT2D eigenvalue weighted by Crippen LogP contribution is -2.16. The van der Waals surface area contributed by atoms with Crippen molar-refractivity contribution in [3.8, 4) is 11.6 Å². The molecule has 7 nitrogen and oxygen atoms in total. The van der Waals surface area contributed by atoms with E-state index in [2.05, 4.69) is 31.2 Å². The summed E-state index contributed by atoms with van der Waals surface area (Å²) >= 11 is 3.38. The third-order valence-corrected chi connectivity index (χ3v) is 4.22. The lowest BCUT2D eigenvalue weighted by atomic mass is 10.2. The van der Waals surface area contributed by atoms with E-state index in [4.69, 9.17) is 15.3 Å². The number of rotatable bonds is 7. The van der Waals surface area contributed by atoms with Crippen molar-refractivity contribution in [1.82, 2.24) is 14.8 Å². The minimum Gasteiger partial charge on any atom is -0.490 e. The van der Waals surface area contributed by atoms with Crippen LogP contribution in [0, 0.1) is 13.8 Å². The van der Waals surface area contributed by atoms with Crippen LogP contribution in [0.2, 0.25) is 0 Å². The molecule has 140 valence electrons. The number of hydrogen-bond donors (Lipinski definition) is 1. The van der Waals surface area contributed by atoms with Crippen LogP contribution in [0.5, 0.6) is 5.75 Å². The molecule has 0 spiro atoms. The van der Waals surface area contributed by atoms with Gasteiger partial charge in [0.1, 0.15) is 12.4 Å². The smallest absolute Gasteiger partial charge is 0.171 e.